The van der Waals surface area contributed by atoms with Gasteiger partial charge in [-0.25, -0.2) is 0 Å². The van der Waals surface area contributed by atoms with E-state index in [0.717, 1.165) is 13.0 Å². The second-order valence-electron chi connectivity index (χ2n) is 4.71. The van der Waals surface area contributed by atoms with E-state index >= 15 is 0 Å². The van der Waals surface area contributed by atoms with Crippen molar-refractivity contribution in [3.05, 3.63) is 0 Å². The van der Waals surface area contributed by atoms with Crippen LogP contribution in [0.5, 0.6) is 0 Å². The van der Waals surface area contributed by atoms with E-state index in [9.17, 15) is 9.59 Å². The molecule has 0 bridgehead atoms. The molecule has 1 atom stereocenters. The average Bonchev–Trinajstić information content (AvgIpc) is 2.76. The Kier molecular flexibility index (Phi) is 2.13. The lowest BCUT2D eigenvalue weighted by Crippen LogP contribution is -2.39. The van der Waals surface area contributed by atoms with Gasteiger partial charge in [-0.15, -0.1) is 0 Å². The summed E-state index contributed by atoms with van der Waals surface area (Å²) in [6.07, 6.45) is 3.82. The average molecular weight is 195 g/mol. The highest BCUT2D eigenvalue weighted by Crippen LogP contribution is 2.54. The molecule has 0 aromatic rings. The Hall–Kier alpha value is -0.860. The molecule has 1 amide bonds. The molecule has 14 heavy (non-hydrogen) atoms. The summed E-state index contributed by atoms with van der Waals surface area (Å²) in [6.45, 7) is 4.28. The van der Waals surface area contributed by atoms with E-state index in [4.69, 9.17) is 0 Å². The van der Waals surface area contributed by atoms with Crippen molar-refractivity contribution < 1.29 is 9.59 Å². The summed E-state index contributed by atoms with van der Waals surface area (Å²) in [7, 11) is 0. The van der Waals surface area contributed by atoms with Gasteiger partial charge in [0.1, 0.15) is 0 Å². The van der Waals surface area contributed by atoms with E-state index in [1.807, 2.05) is 6.92 Å². The Bertz CT molecular complexity index is 281. The van der Waals surface area contributed by atoms with Crippen molar-refractivity contribution in [2.75, 3.05) is 6.54 Å². The van der Waals surface area contributed by atoms with E-state index < -0.39 is 0 Å². The van der Waals surface area contributed by atoms with Crippen molar-refractivity contribution in [2.45, 2.75) is 45.6 Å². The molecule has 0 aromatic heterocycles. The number of Topliss-reactive ketones (excluding diaryl/α,β-unsaturated/α-hetero) is 1. The van der Waals surface area contributed by atoms with Crippen LogP contribution < -0.4 is 0 Å². The first-order chi connectivity index (χ1) is 6.58. The number of hydrogen-bond acceptors (Lipinski definition) is 2. The van der Waals surface area contributed by atoms with Crippen LogP contribution in [0.15, 0.2) is 0 Å². The predicted octanol–water partition coefficient (Wildman–Crippen LogP) is 1.37. The van der Waals surface area contributed by atoms with Crippen LogP contribution >= 0.6 is 0 Å². The largest absolute Gasteiger partial charge is 0.332 e. The zero-order chi connectivity index (χ0) is 10.3. The van der Waals surface area contributed by atoms with Crippen LogP contribution in [0.25, 0.3) is 0 Å². The van der Waals surface area contributed by atoms with Crippen molar-refractivity contribution >= 4 is 11.7 Å². The van der Waals surface area contributed by atoms with Gasteiger partial charge in [0.15, 0.2) is 5.78 Å². The van der Waals surface area contributed by atoms with Crippen molar-refractivity contribution in [1.82, 2.24) is 4.90 Å². The Labute approximate surface area is 84.5 Å². The zero-order valence-electron chi connectivity index (χ0n) is 8.88. The summed E-state index contributed by atoms with van der Waals surface area (Å²) < 4.78 is 0. The second-order valence-corrected chi connectivity index (χ2v) is 4.71. The second kappa shape index (κ2) is 3.07. The fourth-order valence-corrected chi connectivity index (χ4v) is 2.42. The number of amides is 1. The number of nitrogens with zero attached hydrogens (tertiary/aromatic N) is 1. The third kappa shape index (κ3) is 1.45. The fourth-order valence-electron chi connectivity index (χ4n) is 2.42. The van der Waals surface area contributed by atoms with Gasteiger partial charge in [0.2, 0.25) is 5.91 Å². The summed E-state index contributed by atoms with van der Waals surface area (Å²) in [5.41, 5.74) is 0.334. The van der Waals surface area contributed by atoms with E-state index in [-0.39, 0.29) is 17.7 Å². The topological polar surface area (TPSA) is 37.4 Å². The number of ketones is 1. The lowest BCUT2D eigenvalue weighted by atomic mass is 10.0. The van der Waals surface area contributed by atoms with Crippen LogP contribution in [-0.4, -0.2) is 29.2 Å². The van der Waals surface area contributed by atoms with Crippen LogP contribution in [0.3, 0.4) is 0 Å². The molecule has 2 rings (SSSR count). The Balaban J connectivity index is 2.13. The van der Waals surface area contributed by atoms with E-state index in [0.29, 0.717) is 11.8 Å². The minimum Gasteiger partial charge on any atom is -0.332 e. The first-order valence-electron chi connectivity index (χ1n) is 5.38. The molecule has 1 saturated heterocycles. The van der Waals surface area contributed by atoms with Gasteiger partial charge < -0.3 is 4.90 Å². The summed E-state index contributed by atoms with van der Waals surface area (Å²) in [5.74, 6) is 0.282. The van der Waals surface area contributed by atoms with Crippen LogP contribution in [0.4, 0.5) is 0 Å². The molecule has 3 nitrogen and oxygen atoms in total. The molecule has 1 aliphatic carbocycles. The molecule has 1 aliphatic heterocycles. The number of likely N-dealkylation sites (tertiary alicyclic amines) is 1. The Morgan fingerprint density at radius 3 is 2.50 bits per heavy atom. The Morgan fingerprint density at radius 1 is 1.43 bits per heavy atom. The third-order valence-corrected chi connectivity index (χ3v) is 3.56. The molecule has 1 unspecified atom stereocenters. The maximum Gasteiger partial charge on any atom is 0.222 e. The highest BCUT2D eigenvalue weighted by molar-refractivity contribution is 5.88. The van der Waals surface area contributed by atoms with Crippen LogP contribution in [0, 0.1) is 5.41 Å². The van der Waals surface area contributed by atoms with Crippen molar-refractivity contribution in [1.29, 1.82) is 0 Å². The summed E-state index contributed by atoms with van der Waals surface area (Å²) in [6, 6.07) is -0.120. The fraction of sp³-hybridized carbons (Fsp3) is 0.818. The standard InChI is InChI=1S/C11H17NO2/c1-3-10(14)12-7-11(4-5-11)6-9(12)8(2)13/h9H,3-7H2,1-2H3. The van der Waals surface area contributed by atoms with Gasteiger partial charge in [0.05, 0.1) is 6.04 Å². The number of hydrogen-bond donors (Lipinski definition) is 0. The monoisotopic (exact) mass is 195 g/mol. The minimum absolute atomic E-state index is 0.120. The van der Waals surface area contributed by atoms with Crippen molar-refractivity contribution in [3.8, 4) is 0 Å². The highest BCUT2D eigenvalue weighted by Gasteiger charge is 2.53. The maximum absolute atomic E-state index is 11.6. The van der Waals surface area contributed by atoms with Gasteiger partial charge in [0, 0.05) is 13.0 Å². The minimum atomic E-state index is -0.120. The van der Waals surface area contributed by atoms with E-state index in [2.05, 4.69) is 0 Å². The summed E-state index contributed by atoms with van der Waals surface area (Å²) in [5, 5.41) is 0. The molecular weight excluding hydrogens is 178 g/mol. The third-order valence-electron chi connectivity index (χ3n) is 3.56. The van der Waals surface area contributed by atoms with Gasteiger partial charge in [0.25, 0.3) is 0 Å². The summed E-state index contributed by atoms with van der Waals surface area (Å²) >= 11 is 0. The molecule has 0 N–H and O–H groups in total. The lowest BCUT2D eigenvalue weighted by molar-refractivity contribution is -0.136. The van der Waals surface area contributed by atoms with Crippen LogP contribution in [-0.2, 0) is 9.59 Å². The molecule has 2 fully saturated rings. The highest BCUT2D eigenvalue weighted by atomic mass is 16.2. The molecule has 1 spiro atoms. The Morgan fingerprint density at radius 2 is 2.07 bits per heavy atom. The quantitative estimate of drug-likeness (QED) is 0.667. The van der Waals surface area contributed by atoms with Crippen LogP contribution in [0.2, 0.25) is 0 Å². The van der Waals surface area contributed by atoms with Crippen LogP contribution in [0.1, 0.15) is 39.5 Å². The molecule has 1 saturated carbocycles. The van der Waals surface area contributed by atoms with Gasteiger partial charge in [-0.1, -0.05) is 6.92 Å². The summed E-state index contributed by atoms with van der Waals surface area (Å²) in [4.78, 5) is 24.8. The SMILES string of the molecule is CCC(=O)N1CC2(CC2)CC1C(C)=O. The smallest absolute Gasteiger partial charge is 0.222 e. The molecule has 1 heterocycles. The maximum atomic E-state index is 11.6. The van der Waals surface area contributed by atoms with E-state index in [1.165, 1.54) is 12.8 Å². The van der Waals surface area contributed by atoms with Gasteiger partial charge in [-0.2, -0.15) is 0 Å². The molecular formula is C11H17NO2. The normalized spacial score (nSPS) is 28.1. The molecule has 2 aliphatic rings. The molecule has 0 radical (unpaired) electrons. The number of carbonyl (C=O) groups excluding carboxylic acids is 2. The molecule has 3 heteroatoms. The number of rotatable bonds is 2. The van der Waals surface area contributed by atoms with Gasteiger partial charge in [-0.05, 0) is 31.6 Å². The predicted molar refractivity (Wildman–Crippen MR) is 52.8 cm³/mol. The number of carbonyl (C=O) groups is 2. The zero-order valence-corrected chi connectivity index (χ0v) is 8.88. The molecule has 78 valence electrons. The first-order valence-corrected chi connectivity index (χ1v) is 5.38. The van der Waals surface area contributed by atoms with Crippen molar-refractivity contribution in [2.24, 2.45) is 5.41 Å². The van der Waals surface area contributed by atoms with Gasteiger partial charge in [-0.3, -0.25) is 9.59 Å². The first kappa shape index (κ1) is 9.69. The van der Waals surface area contributed by atoms with E-state index in [1.54, 1.807) is 11.8 Å². The molecule has 0 aromatic carbocycles. The van der Waals surface area contributed by atoms with Gasteiger partial charge >= 0.3 is 0 Å². The lowest BCUT2D eigenvalue weighted by Gasteiger charge is -2.21. The van der Waals surface area contributed by atoms with Crippen molar-refractivity contribution in [3.63, 3.8) is 0 Å².